The molecule has 0 atom stereocenters. The Morgan fingerprint density at radius 1 is 1.40 bits per heavy atom. The van der Waals surface area contributed by atoms with Crippen LogP contribution in [0.2, 0.25) is 30.8 Å². The van der Waals surface area contributed by atoms with E-state index in [0.29, 0.717) is 24.0 Å². The summed E-state index contributed by atoms with van der Waals surface area (Å²) in [7, 11) is -1.16. The van der Waals surface area contributed by atoms with Crippen molar-refractivity contribution < 1.29 is 4.74 Å². The van der Waals surface area contributed by atoms with Gasteiger partial charge in [0, 0.05) is 20.7 Å². The number of rotatable bonds is 7. The molecule has 0 unspecified atom stereocenters. The van der Waals surface area contributed by atoms with Crippen LogP contribution in [0.1, 0.15) is 12.8 Å². The average Bonchev–Trinajstić information content (AvgIpc) is 3.27. The van der Waals surface area contributed by atoms with Gasteiger partial charge >= 0.3 is 0 Å². The quantitative estimate of drug-likeness (QED) is 0.581. The summed E-state index contributed by atoms with van der Waals surface area (Å²) in [5, 5.41) is 7.39. The molecule has 2 heterocycles. The fourth-order valence-corrected chi connectivity index (χ4v) is 3.53. The van der Waals surface area contributed by atoms with E-state index >= 15 is 0 Å². The second kappa shape index (κ2) is 7.43. The van der Waals surface area contributed by atoms with Crippen LogP contribution in [0.15, 0.2) is 27.5 Å². The van der Waals surface area contributed by atoms with Crippen LogP contribution < -0.4 is 10.9 Å². The fourth-order valence-electron chi connectivity index (χ4n) is 2.57. The molecule has 1 aromatic heterocycles. The van der Waals surface area contributed by atoms with Crippen LogP contribution in [-0.2, 0) is 11.5 Å². The average molecular weight is 381 g/mol. The maximum atomic E-state index is 12.6. The minimum absolute atomic E-state index is 0.105. The number of hydrogen-bond donors (Lipinski definition) is 1. The SMILES string of the molecule is C[Si](C)(C)CCOCn1nc(Cl)cc(NC2=NCC(C3CC3)=C2)c1=O. The van der Waals surface area contributed by atoms with E-state index in [1.165, 1.54) is 29.2 Å². The van der Waals surface area contributed by atoms with E-state index in [0.717, 1.165) is 12.6 Å². The highest BCUT2D eigenvalue weighted by molar-refractivity contribution is 6.76. The summed E-state index contributed by atoms with van der Waals surface area (Å²) in [6.45, 7) is 8.31. The van der Waals surface area contributed by atoms with Crippen molar-refractivity contribution in [2.75, 3.05) is 18.5 Å². The van der Waals surface area contributed by atoms with Crippen LogP contribution in [0, 0.1) is 5.92 Å². The number of nitrogens with one attached hydrogen (secondary N) is 1. The summed E-state index contributed by atoms with van der Waals surface area (Å²) in [5.41, 5.74) is 1.46. The second-order valence-electron chi connectivity index (χ2n) is 7.85. The van der Waals surface area contributed by atoms with Gasteiger partial charge in [-0.1, -0.05) is 31.2 Å². The van der Waals surface area contributed by atoms with Gasteiger partial charge in [-0.25, -0.2) is 4.68 Å². The maximum absolute atomic E-state index is 12.6. The summed E-state index contributed by atoms with van der Waals surface area (Å²) in [6.07, 6.45) is 4.54. The van der Waals surface area contributed by atoms with Crippen LogP contribution in [-0.4, -0.2) is 36.8 Å². The fraction of sp³-hybridized carbons (Fsp3) is 0.588. The molecule has 25 heavy (non-hydrogen) atoms. The Morgan fingerprint density at radius 3 is 2.84 bits per heavy atom. The molecule has 1 aromatic rings. The molecular formula is C17H25ClN4O2Si. The molecule has 2 aliphatic rings. The van der Waals surface area contributed by atoms with Gasteiger partial charge in [-0.05, 0) is 36.5 Å². The van der Waals surface area contributed by atoms with Crippen molar-refractivity contribution in [1.82, 2.24) is 9.78 Å². The molecule has 0 bridgehead atoms. The standard InChI is InChI=1S/C17H25ClN4O2Si/c1-25(2,3)7-6-24-11-22-17(23)14(9-15(18)21-22)20-16-8-13(10-19-16)12-4-5-12/h8-9,12H,4-7,10-11H2,1-3H3,(H,19,20). The first-order valence-electron chi connectivity index (χ1n) is 8.69. The molecule has 3 rings (SSSR count). The lowest BCUT2D eigenvalue weighted by Crippen LogP contribution is -2.29. The largest absolute Gasteiger partial charge is 0.359 e. The monoisotopic (exact) mass is 380 g/mol. The van der Waals surface area contributed by atoms with Crippen LogP contribution in [0.25, 0.3) is 0 Å². The van der Waals surface area contributed by atoms with E-state index < -0.39 is 8.07 Å². The van der Waals surface area contributed by atoms with Crippen molar-refractivity contribution in [3.8, 4) is 0 Å². The zero-order valence-electron chi connectivity index (χ0n) is 15.0. The summed E-state index contributed by atoms with van der Waals surface area (Å²) >= 11 is 6.07. The number of aromatic nitrogens is 2. The predicted molar refractivity (Wildman–Crippen MR) is 104 cm³/mol. The minimum atomic E-state index is -1.16. The Hall–Kier alpha value is -1.44. The molecule has 0 aromatic carbocycles. The molecule has 0 spiro atoms. The Labute approximate surface area is 153 Å². The molecule has 8 heteroatoms. The lowest BCUT2D eigenvalue weighted by atomic mass is 10.2. The van der Waals surface area contributed by atoms with Crippen LogP contribution in [0.5, 0.6) is 0 Å². The Kier molecular flexibility index (Phi) is 5.45. The van der Waals surface area contributed by atoms with Gasteiger partial charge in [0.05, 0.1) is 6.54 Å². The first-order valence-corrected chi connectivity index (χ1v) is 12.8. The van der Waals surface area contributed by atoms with Gasteiger partial charge in [0.1, 0.15) is 18.3 Å². The third-order valence-electron chi connectivity index (χ3n) is 4.27. The summed E-state index contributed by atoms with van der Waals surface area (Å²) in [6, 6.07) is 2.58. The summed E-state index contributed by atoms with van der Waals surface area (Å²) in [5.74, 6) is 1.40. The molecule has 1 N–H and O–H groups in total. The van der Waals surface area contributed by atoms with E-state index in [4.69, 9.17) is 16.3 Å². The Morgan fingerprint density at radius 2 is 2.16 bits per heavy atom. The highest BCUT2D eigenvalue weighted by Gasteiger charge is 2.28. The first kappa shape index (κ1) is 18.4. The molecule has 1 fully saturated rings. The summed E-state index contributed by atoms with van der Waals surface area (Å²) < 4.78 is 6.88. The zero-order valence-corrected chi connectivity index (χ0v) is 16.8. The highest BCUT2D eigenvalue weighted by atomic mass is 35.5. The van der Waals surface area contributed by atoms with Gasteiger partial charge in [0.2, 0.25) is 0 Å². The number of hydrogen-bond acceptors (Lipinski definition) is 5. The number of ether oxygens (including phenoxy) is 1. The van der Waals surface area contributed by atoms with Crippen molar-refractivity contribution >= 4 is 31.2 Å². The number of halogens is 1. The van der Waals surface area contributed by atoms with E-state index in [9.17, 15) is 4.79 Å². The normalized spacial score (nSPS) is 17.4. The van der Waals surface area contributed by atoms with E-state index in [1.807, 2.05) is 6.08 Å². The van der Waals surface area contributed by atoms with Crippen LogP contribution in [0.4, 0.5) is 5.69 Å². The number of aliphatic imine (C=N–C) groups is 1. The van der Waals surface area contributed by atoms with Crippen molar-refractivity contribution in [2.24, 2.45) is 10.9 Å². The van der Waals surface area contributed by atoms with Gasteiger partial charge in [0.15, 0.2) is 5.15 Å². The van der Waals surface area contributed by atoms with Crippen LogP contribution in [0.3, 0.4) is 0 Å². The van der Waals surface area contributed by atoms with Crippen molar-refractivity contribution in [3.05, 3.63) is 33.2 Å². The smallest absolute Gasteiger partial charge is 0.292 e. The lowest BCUT2D eigenvalue weighted by Gasteiger charge is -2.15. The molecule has 1 saturated carbocycles. The number of amidine groups is 1. The summed E-state index contributed by atoms with van der Waals surface area (Å²) in [4.78, 5) is 17.0. The first-order chi connectivity index (χ1) is 11.8. The number of nitrogens with zero attached hydrogens (tertiary/aromatic N) is 3. The van der Waals surface area contributed by atoms with Crippen molar-refractivity contribution in [2.45, 2.75) is 45.3 Å². The molecule has 136 valence electrons. The Balaban J connectivity index is 1.64. The predicted octanol–water partition coefficient (Wildman–Crippen LogP) is 3.37. The minimum Gasteiger partial charge on any atom is -0.359 e. The van der Waals surface area contributed by atoms with Gasteiger partial charge in [-0.15, -0.1) is 0 Å². The third-order valence-corrected chi connectivity index (χ3v) is 6.16. The zero-order chi connectivity index (χ0) is 18.0. The third kappa shape index (κ3) is 5.26. The Bertz CT molecular complexity index is 763. The highest BCUT2D eigenvalue weighted by Crippen LogP contribution is 2.37. The second-order valence-corrected chi connectivity index (χ2v) is 13.9. The van der Waals surface area contributed by atoms with E-state index in [-0.39, 0.29) is 17.4 Å². The van der Waals surface area contributed by atoms with Crippen molar-refractivity contribution in [1.29, 1.82) is 0 Å². The maximum Gasteiger partial charge on any atom is 0.292 e. The van der Waals surface area contributed by atoms with Gasteiger partial charge < -0.3 is 10.1 Å². The van der Waals surface area contributed by atoms with Gasteiger partial charge in [0.25, 0.3) is 5.56 Å². The lowest BCUT2D eigenvalue weighted by molar-refractivity contribution is 0.0752. The molecule has 0 saturated heterocycles. The van der Waals surface area contributed by atoms with E-state index in [2.05, 4.69) is 35.0 Å². The van der Waals surface area contributed by atoms with E-state index in [1.54, 1.807) is 0 Å². The molecule has 6 nitrogen and oxygen atoms in total. The molecular weight excluding hydrogens is 356 g/mol. The molecule has 0 radical (unpaired) electrons. The number of anilines is 1. The molecule has 0 amide bonds. The van der Waals surface area contributed by atoms with Crippen LogP contribution >= 0.6 is 11.6 Å². The van der Waals surface area contributed by atoms with Crippen molar-refractivity contribution in [3.63, 3.8) is 0 Å². The topological polar surface area (TPSA) is 68.5 Å². The van der Waals surface area contributed by atoms with Gasteiger partial charge in [-0.3, -0.25) is 9.79 Å². The molecule has 1 aliphatic carbocycles. The molecule has 1 aliphatic heterocycles. The van der Waals surface area contributed by atoms with Gasteiger partial charge in [-0.2, -0.15) is 5.10 Å².